The molecular formula is C22H15Cl2FN6O. The number of H-pyrrole nitrogens is 1. The molecule has 7 nitrogen and oxygen atoms in total. The lowest BCUT2D eigenvalue weighted by Crippen LogP contribution is -2.26. The Labute approximate surface area is 190 Å². The largest absolute Gasteiger partial charge is 0.360 e. The third-order valence-corrected chi connectivity index (χ3v) is 5.83. The van der Waals surface area contributed by atoms with Gasteiger partial charge in [-0.2, -0.15) is 0 Å². The Morgan fingerprint density at radius 3 is 2.66 bits per heavy atom. The van der Waals surface area contributed by atoms with Crippen LogP contribution in [0.5, 0.6) is 0 Å². The van der Waals surface area contributed by atoms with E-state index >= 15 is 0 Å². The van der Waals surface area contributed by atoms with Crippen molar-refractivity contribution in [2.24, 2.45) is 0 Å². The van der Waals surface area contributed by atoms with Crippen LogP contribution in [0.3, 0.4) is 0 Å². The van der Waals surface area contributed by atoms with Crippen LogP contribution in [0.15, 0.2) is 59.9 Å². The third kappa shape index (κ3) is 3.37. The molecule has 0 aliphatic carbocycles. The molecule has 2 N–H and O–H groups in total. The Morgan fingerprint density at radius 1 is 1.09 bits per heavy atom. The Bertz CT molecular complexity index is 1530. The predicted octanol–water partition coefficient (Wildman–Crippen LogP) is 5.28. The van der Waals surface area contributed by atoms with Crippen molar-refractivity contribution < 1.29 is 4.39 Å². The van der Waals surface area contributed by atoms with Crippen LogP contribution in [0, 0.1) is 5.82 Å². The van der Waals surface area contributed by atoms with E-state index in [1.807, 2.05) is 6.92 Å². The molecule has 0 bridgehead atoms. The molecule has 0 aliphatic heterocycles. The first-order valence-electron chi connectivity index (χ1n) is 9.64. The number of aromatic amines is 1. The maximum Gasteiger partial charge on any atom is 0.264 e. The average molecular weight is 469 g/mol. The molecule has 1 atom stereocenters. The highest BCUT2D eigenvalue weighted by Gasteiger charge is 2.20. The number of nitrogens with zero attached hydrogens (tertiary/aromatic N) is 4. The smallest absolute Gasteiger partial charge is 0.264 e. The molecule has 3 heterocycles. The molecule has 0 aliphatic rings. The van der Waals surface area contributed by atoms with Gasteiger partial charge < -0.3 is 10.3 Å². The highest BCUT2D eigenvalue weighted by atomic mass is 35.5. The first-order chi connectivity index (χ1) is 15.4. The summed E-state index contributed by atoms with van der Waals surface area (Å²) in [6.45, 7) is 1.89. The second-order valence-electron chi connectivity index (χ2n) is 7.20. The van der Waals surface area contributed by atoms with Gasteiger partial charge in [0.1, 0.15) is 17.7 Å². The zero-order valence-electron chi connectivity index (χ0n) is 16.6. The quantitative estimate of drug-likeness (QED) is 0.374. The van der Waals surface area contributed by atoms with E-state index in [0.717, 1.165) is 0 Å². The van der Waals surface area contributed by atoms with E-state index in [1.165, 1.54) is 29.4 Å². The number of rotatable bonds is 4. The van der Waals surface area contributed by atoms with E-state index in [9.17, 15) is 9.18 Å². The molecule has 32 heavy (non-hydrogen) atoms. The summed E-state index contributed by atoms with van der Waals surface area (Å²) in [6, 6.07) is 11.0. The van der Waals surface area contributed by atoms with Crippen molar-refractivity contribution in [3.05, 3.63) is 87.0 Å². The summed E-state index contributed by atoms with van der Waals surface area (Å²) >= 11 is 12.2. The van der Waals surface area contributed by atoms with E-state index in [1.54, 1.807) is 30.3 Å². The minimum absolute atomic E-state index is 0.106. The van der Waals surface area contributed by atoms with Crippen molar-refractivity contribution in [3.8, 4) is 5.69 Å². The second kappa shape index (κ2) is 7.89. The SMILES string of the molecule is CC(Nc1ncnc2[nH]cnc12)c1cc2ccc(F)c(Cl)c2c(=O)n1-c1ccc(Cl)cc1. The molecule has 3 aromatic heterocycles. The summed E-state index contributed by atoms with van der Waals surface area (Å²) in [5.74, 6) is -0.143. The van der Waals surface area contributed by atoms with Crippen molar-refractivity contribution in [2.75, 3.05) is 5.32 Å². The highest BCUT2D eigenvalue weighted by molar-refractivity contribution is 6.35. The van der Waals surface area contributed by atoms with Gasteiger partial charge >= 0.3 is 0 Å². The summed E-state index contributed by atoms with van der Waals surface area (Å²) in [6.07, 6.45) is 2.95. The lowest BCUT2D eigenvalue weighted by Gasteiger charge is -2.21. The van der Waals surface area contributed by atoms with Gasteiger partial charge in [-0.15, -0.1) is 0 Å². The van der Waals surface area contributed by atoms with Crippen LogP contribution >= 0.6 is 23.2 Å². The predicted molar refractivity (Wildman–Crippen MR) is 123 cm³/mol. The summed E-state index contributed by atoms with van der Waals surface area (Å²) in [5.41, 5.74) is 1.91. The third-order valence-electron chi connectivity index (χ3n) is 5.20. The van der Waals surface area contributed by atoms with Crippen LogP contribution < -0.4 is 10.9 Å². The highest BCUT2D eigenvalue weighted by Crippen LogP contribution is 2.29. The van der Waals surface area contributed by atoms with Crippen LogP contribution in [0.25, 0.3) is 27.6 Å². The average Bonchev–Trinajstić information content (AvgIpc) is 3.27. The number of anilines is 1. The zero-order chi connectivity index (χ0) is 22.4. The van der Waals surface area contributed by atoms with Crippen LogP contribution in [-0.2, 0) is 0 Å². The van der Waals surface area contributed by atoms with Crippen LogP contribution in [0.1, 0.15) is 18.7 Å². The van der Waals surface area contributed by atoms with E-state index in [2.05, 4.69) is 25.3 Å². The van der Waals surface area contributed by atoms with Crippen molar-refractivity contribution in [2.45, 2.75) is 13.0 Å². The molecule has 0 spiro atoms. The topological polar surface area (TPSA) is 88.5 Å². The fourth-order valence-corrected chi connectivity index (χ4v) is 4.06. The minimum atomic E-state index is -0.653. The monoisotopic (exact) mass is 468 g/mol. The Hall–Kier alpha value is -3.49. The molecule has 0 amide bonds. The van der Waals surface area contributed by atoms with Gasteiger partial charge in [0.2, 0.25) is 0 Å². The molecule has 0 saturated heterocycles. The number of benzene rings is 2. The van der Waals surface area contributed by atoms with Gasteiger partial charge in [0.05, 0.1) is 22.8 Å². The molecule has 10 heteroatoms. The van der Waals surface area contributed by atoms with Gasteiger partial charge in [-0.25, -0.2) is 19.3 Å². The summed E-state index contributed by atoms with van der Waals surface area (Å²) in [4.78, 5) is 29.2. The van der Waals surface area contributed by atoms with Gasteiger partial charge in [0, 0.05) is 16.4 Å². The number of pyridine rings is 1. The van der Waals surface area contributed by atoms with Crippen molar-refractivity contribution in [1.29, 1.82) is 0 Å². The fourth-order valence-electron chi connectivity index (χ4n) is 3.68. The van der Waals surface area contributed by atoms with Gasteiger partial charge in [-0.3, -0.25) is 9.36 Å². The normalized spacial score (nSPS) is 12.4. The molecule has 0 fully saturated rings. The number of aromatic nitrogens is 5. The second-order valence-corrected chi connectivity index (χ2v) is 8.01. The fraction of sp³-hybridized carbons (Fsp3) is 0.0909. The van der Waals surface area contributed by atoms with E-state index in [0.29, 0.717) is 38.8 Å². The molecule has 5 aromatic rings. The number of nitrogens with one attached hydrogen (secondary N) is 2. The molecule has 2 aromatic carbocycles. The van der Waals surface area contributed by atoms with E-state index in [-0.39, 0.29) is 16.5 Å². The molecule has 0 radical (unpaired) electrons. The van der Waals surface area contributed by atoms with E-state index in [4.69, 9.17) is 23.2 Å². The zero-order valence-corrected chi connectivity index (χ0v) is 18.1. The van der Waals surface area contributed by atoms with Gasteiger partial charge in [-0.1, -0.05) is 29.3 Å². The molecule has 160 valence electrons. The first-order valence-corrected chi connectivity index (χ1v) is 10.4. The van der Waals surface area contributed by atoms with E-state index < -0.39 is 11.4 Å². The lowest BCUT2D eigenvalue weighted by atomic mass is 10.1. The van der Waals surface area contributed by atoms with Crippen LogP contribution in [0.4, 0.5) is 10.2 Å². The molecule has 1 unspecified atom stereocenters. The summed E-state index contributed by atoms with van der Waals surface area (Å²) in [7, 11) is 0. The summed E-state index contributed by atoms with van der Waals surface area (Å²) < 4.78 is 15.6. The summed E-state index contributed by atoms with van der Waals surface area (Å²) in [5, 5.41) is 4.25. The maximum absolute atomic E-state index is 14.1. The number of hydrogen-bond donors (Lipinski definition) is 2. The molecule has 0 saturated carbocycles. The molecule has 5 rings (SSSR count). The van der Waals surface area contributed by atoms with Gasteiger partial charge in [0.15, 0.2) is 11.5 Å². The Morgan fingerprint density at radius 2 is 1.88 bits per heavy atom. The minimum Gasteiger partial charge on any atom is -0.360 e. The van der Waals surface area contributed by atoms with Gasteiger partial charge in [0.25, 0.3) is 5.56 Å². The van der Waals surface area contributed by atoms with Crippen molar-refractivity contribution >= 4 is 51.0 Å². The standard InChI is InChI=1S/C22H15Cl2FN6O/c1-11(30-21-19-20(27-9-26-19)28-10-29-21)16-8-12-2-7-15(25)18(24)17(12)22(32)31(16)14-5-3-13(23)4-6-14/h2-11H,1H3,(H2,26,27,28,29,30). The lowest BCUT2D eigenvalue weighted by molar-refractivity contribution is 0.629. The number of fused-ring (bicyclic) bond motifs is 2. The molecular weight excluding hydrogens is 454 g/mol. The van der Waals surface area contributed by atoms with Crippen molar-refractivity contribution in [1.82, 2.24) is 24.5 Å². The Kier molecular flexibility index (Phi) is 5.03. The number of imidazole rings is 1. The van der Waals surface area contributed by atoms with Gasteiger partial charge in [-0.05, 0) is 48.7 Å². The number of halogens is 3. The van der Waals surface area contributed by atoms with Crippen LogP contribution in [-0.4, -0.2) is 24.5 Å². The first kappa shape index (κ1) is 20.4. The Balaban J connectivity index is 1.73. The number of hydrogen-bond acceptors (Lipinski definition) is 5. The maximum atomic E-state index is 14.1. The van der Waals surface area contributed by atoms with Crippen LogP contribution in [0.2, 0.25) is 10.0 Å². The van der Waals surface area contributed by atoms with Crippen molar-refractivity contribution in [3.63, 3.8) is 0 Å².